The van der Waals surface area contributed by atoms with Crippen molar-refractivity contribution in [1.82, 2.24) is 0 Å². The summed E-state index contributed by atoms with van der Waals surface area (Å²) in [6.45, 7) is 2.83. The first kappa shape index (κ1) is 14.0. The molecule has 2 N–H and O–H groups in total. The largest absolute Gasteiger partial charge is 0.399 e. The number of carbonyl (C=O) groups is 1. The van der Waals surface area contributed by atoms with Crippen LogP contribution in [0.4, 0.5) is 11.4 Å². The zero-order valence-corrected chi connectivity index (χ0v) is 12.8. The minimum Gasteiger partial charge on any atom is -0.399 e. The molecule has 0 saturated carbocycles. The van der Waals surface area contributed by atoms with Gasteiger partial charge >= 0.3 is 0 Å². The topological polar surface area (TPSA) is 46.3 Å². The van der Waals surface area contributed by atoms with Crippen molar-refractivity contribution in [2.45, 2.75) is 18.2 Å². The lowest BCUT2D eigenvalue weighted by molar-refractivity contribution is 0.0987. The number of nitrogens with two attached hydrogens (primary N) is 1. The van der Waals surface area contributed by atoms with Crippen LogP contribution >= 0.6 is 11.8 Å². The number of carbonyl (C=O) groups excluding carboxylic acids is 1. The summed E-state index contributed by atoms with van der Waals surface area (Å²) in [7, 11) is 0. The number of amides is 1. The molecule has 3 nitrogen and oxygen atoms in total. The van der Waals surface area contributed by atoms with Gasteiger partial charge in [0.25, 0.3) is 5.91 Å². The summed E-state index contributed by atoms with van der Waals surface area (Å²) in [6, 6.07) is 13.6. The molecule has 1 aliphatic rings. The molecule has 0 atom stereocenters. The standard InChI is InChI=1S/C17H18N2OS/c1-2-12-3-5-13(6-4-12)17(20)19-9-10-21-16-8-7-14(18)11-15(16)19/h3-8,11H,2,9-10,18H2,1H3. The summed E-state index contributed by atoms with van der Waals surface area (Å²) in [5.74, 6) is 0.959. The molecule has 1 heterocycles. The van der Waals surface area contributed by atoms with Crippen LogP contribution in [0.5, 0.6) is 0 Å². The lowest BCUT2D eigenvalue weighted by atomic mass is 10.1. The van der Waals surface area contributed by atoms with E-state index in [-0.39, 0.29) is 5.91 Å². The van der Waals surface area contributed by atoms with E-state index < -0.39 is 0 Å². The molecule has 2 aromatic rings. The molecule has 0 bridgehead atoms. The first-order chi connectivity index (χ1) is 10.2. The van der Waals surface area contributed by atoms with Crippen LogP contribution in [0.25, 0.3) is 0 Å². The van der Waals surface area contributed by atoms with E-state index in [9.17, 15) is 4.79 Å². The molecule has 0 fully saturated rings. The van der Waals surface area contributed by atoms with E-state index in [0.29, 0.717) is 5.69 Å². The number of thioether (sulfide) groups is 1. The van der Waals surface area contributed by atoms with Crippen molar-refractivity contribution in [1.29, 1.82) is 0 Å². The maximum Gasteiger partial charge on any atom is 0.258 e. The molecule has 0 unspecified atom stereocenters. The first-order valence-electron chi connectivity index (χ1n) is 7.12. The Balaban J connectivity index is 1.93. The number of rotatable bonds is 2. The Bertz CT molecular complexity index is 667. The van der Waals surface area contributed by atoms with Gasteiger partial charge in [-0.1, -0.05) is 19.1 Å². The van der Waals surface area contributed by atoms with Gasteiger partial charge in [0, 0.05) is 28.4 Å². The lowest BCUT2D eigenvalue weighted by Gasteiger charge is -2.29. The summed E-state index contributed by atoms with van der Waals surface area (Å²) in [5, 5.41) is 0. The zero-order valence-electron chi connectivity index (χ0n) is 12.0. The number of hydrogen-bond acceptors (Lipinski definition) is 3. The Morgan fingerprint density at radius 1 is 1.24 bits per heavy atom. The predicted molar refractivity (Wildman–Crippen MR) is 89.1 cm³/mol. The third-order valence-electron chi connectivity index (χ3n) is 3.70. The molecule has 108 valence electrons. The van der Waals surface area contributed by atoms with Gasteiger partial charge in [-0.3, -0.25) is 4.79 Å². The minimum atomic E-state index is 0.0461. The summed E-state index contributed by atoms with van der Waals surface area (Å²) >= 11 is 1.77. The monoisotopic (exact) mass is 298 g/mol. The molecule has 21 heavy (non-hydrogen) atoms. The van der Waals surface area contributed by atoms with Gasteiger partial charge in [0.2, 0.25) is 0 Å². The summed E-state index contributed by atoms with van der Waals surface area (Å²) < 4.78 is 0. The van der Waals surface area contributed by atoms with Crippen LogP contribution in [-0.2, 0) is 6.42 Å². The van der Waals surface area contributed by atoms with Gasteiger partial charge in [0.1, 0.15) is 0 Å². The highest BCUT2D eigenvalue weighted by molar-refractivity contribution is 7.99. The molecule has 0 aromatic heterocycles. The van der Waals surface area contributed by atoms with E-state index in [1.165, 1.54) is 5.56 Å². The normalized spacial score (nSPS) is 13.9. The Labute approximate surface area is 129 Å². The molecule has 0 radical (unpaired) electrons. The predicted octanol–water partition coefficient (Wildman–Crippen LogP) is 3.58. The van der Waals surface area contributed by atoms with Gasteiger partial charge in [-0.15, -0.1) is 11.8 Å². The van der Waals surface area contributed by atoms with Gasteiger partial charge < -0.3 is 10.6 Å². The Hall–Kier alpha value is -1.94. The molecular weight excluding hydrogens is 280 g/mol. The number of benzene rings is 2. The molecule has 3 rings (SSSR count). The number of hydrogen-bond donors (Lipinski definition) is 1. The average Bonchev–Trinajstić information content (AvgIpc) is 2.53. The number of fused-ring (bicyclic) bond motifs is 1. The molecule has 0 aliphatic carbocycles. The molecule has 0 saturated heterocycles. The summed E-state index contributed by atoms with van der Waals surface area (Å²) in [5.41, 5.74) is 9.46. The second kappa shape index (κ2) is 5.82. The van der Waals surface area contributed by atoms with E-state index in [2.05, 4.69) is 6.92 Å². The lowest BCUT2D eigenvalue weighted by Crippen LogP contribution is -2.35. The van der Waals surface area contributed by atoms with Crippen LogP contribution in [0.2, 0.25) is 0 Å². The average molecular weight is 298 g/mol. The molecule has 4 heteroatoms. The van der Waals surface area contributed by atoms with Crippen molar-refractivity contribution in [3.63, 3.8) is 0 Å². The van der Waals surface area contributed by atoms with E-state index in [1.807, 2.05) is 47.4 Å². The molecule has 1 aliphatic heterocycles. The Morgan fingerprint density at radius 3 is 2.71 bits per heavy atom. The van der Waals surface area contributed by atoms with Gasteiger partial charge in [-0.2, -0.15) is 0 Å². The highest BCUT2D eigenvalue weighted by Gasteiger charge is 2.24. The van der Waals surface area contributed by atoms with Crippen LogP contribution < -0.4 is 10.6 Å². The van der Waals surface area contributed by atoms with Crippen LogP contribution in [0.1, 0.15) is 22.8 Å². The number of nitrogens with zero attached hydrogens (tertiary/aromatic N) is 1. The summed E-state index contributed by atoms with van der Waals surface area (Å²) in [4.78, 5) is 15.7. The second-order valence-electron chi connectivity index (χ2n) is 5.08. The van der Waals surface area contributed by atoms with Crippen LogP contribution in [0.15, 0.2) is 47.4 Å². The Morgan fingerprint density at radius 2 is 2.00 bits per heavy atom. The molecular formula is C17H18N2OS. The second-order valence-corrected chi connectivity index (χ2v) is 6.22. The highest BCUT2D eigenvalue weighted by Crippen LogP contribution is 2.36. The van der Waals surface area contributed by atoms with E-state index in [4.69, 9.17) is 5.73 Å². The van der Waals surface area contributed by atoms with Crippen molar-refractivity contribution >= 4 is 29.0 Å². The molecule has 0 spiro atoms. The number of anilines is 2. The first-order valence-corrected chi connectivity index (χ1v) is 8.10. The van der Waals surface area contributed by atoms with Crippen molar-refractivity contribution in [2.75, 3.05) is 22.9 Å². The fourth-order valence-electron chi connectivity index (χ4n) is 2.48. The van der Waals surface area contributed by atoms with Gasteiger partial charge in [-0.25, -0.2) is 0 Å². The molecule has 1 amide bonds. The molecule has 2 aromatic carbocycles. The van der Waals surface area contributed by atoms with Crippen molar-refractivity contribution in [2.24, 2.45) is 0 Å². The minimum absolute atomic E-state index is 0.0461. The van der Waals surface area contributed by atoms with Gasteiger partial charge in [0.05, 0.1) is 5.69 Å². The zero-order chi connectivity index (χ0) is 14.8. The van der Waals surface area contributed by atoms with E-state index in [0.717, 1.165) is 34.9 Å². The quantitative estimate of drug-likeness (QED) is 0.862. The fourth-order valence-corrected chi connectivity index (χ4v) is 3.46. The van der Waals surface area contributed by atoms with E-state index in [1.54, 1.807) is 11.8 Å². The summed E-state index contributed by atoms with van der Waals surface area (Å²) in [6.07, 6.45) is 0.980. The number of nitrogen functional groups attached to an aromatic ring is 1. The van der Waals surface area contributed by atoms with Crippen LogP contribution in [0.3, 0.4) is 0 Å². The Kier molecular flexibility index (Phi) is 3.88. The van der Waals surface area contributed by atoms with Gasteiger partial charge in [0.15, 0.2) is 0 Å². The SMILES string of the molecule is CCc1ccc(C(=O)N2CCSc3ccc(N)cc32)cc1. The van der Waals surface area contributed by atoms with Crippen LogP contribution in [0, 0.1) is 0 Å². The highest BCUT2D eigenvalue weighted by atomic mass is 32.2. The van der Waals surface area contributed by atoms with Gasteiger partial charge in [-0.05, 0) is 42.3 Å². The van der Waals surface area contributed by atoms with Crippen molar-refractivity contribution in [3.8, 4) is 0 Å². The van der Waals surface area contributed by atoms with E-state index >= 15 is 0 Å². The van der Waals surface area contributed by atoms with Crippen molar-refractivity contribution in [3.05, 3.63) is 53.6 Å². The maximum absolute atomic E-state index is 12.7. The maximum atomic E-state index is 12.7. The van der Waals surface area contributed by atoms with Crippen molar-refractivity contribution < 1.29 is 4.79 Å². The fraction of sp³-hybridized carbons (Fsp3) is 0.235. The third-order valence-corrected chi connectivity index (χ3v) is 4.74. The third kappa shape index (κ3) is 2.76. The smallest absolute Gasteiger partial charge is 0.258 e. The van der Waals surface area contributed by atoms with Crippen LogP contribution in [-0.4, -0.2) is 18.2 Å². The number of aryl methyl sites for hydroxylation is 1.